The molecule has 0 spiro atoms. The number of nitrogens with zero attached hydrogens (tertiary/aromatic N) is 3. The summed E-state index contributed by atoms with van der Waals surface area (Å²) >= 11 is 5.72. The summed E-state index contributed by atoms with van der Waals surface area (Å²) in [5.41, 5.74) is 0. The molecule has 1 fully saturated rings. The van der Waals surface area contributed by atoms with Crippen LogP contribution in [-0.4, -0.2) is 29.2 Å². The molecule has 0 N–H and O–H groups in total. The van der Waals surface area contributed by atoms with Crippen LogP contribution in [0, 0.1) is 11.6 Å². The maximum atomic E-state index is 13.6. The molecule has 0 unspecified atom stereocenters. The molecule has 0 aliphatic carbocycles. The summed E-state index contributed by atoms with van der Waals surface area (Å²) in [4.78, 5) is 10.3. The first-order chi connectivity index (χ1) is 10.6. The van der Waals surface area contributed by atoms with Crippen LogP contribution in [0.5, 0.6) is 5.75 Å². The van der Waals surface area contributed by atoms with Crippen LogP contribution in [0.25, 0.3) is 0 Å². The zero-order valence-corrected chi connectivity index (χ0v) is 12.4. The molecule has 0 atom stereocenters. The Hall–Kier alpha value is -1.95. The van der Waals surface area contributed by atoms with Gasteiger partial charge in [0.05, 0.1) is 12.4 Å². The minimum atomic E-state index is -0.675. The van der Waals surface area contributed by atoms with Crippen LogP contribution in [0.1, 0.15) is 12.8 Å². The Kier molecular flexibility index (Phi) is 4.38. The van der Waals surface area contributed by atoms with Crippen molar-refractivity contribution >= 4 is 17.4 Å². The van der Waals surface area contributed by atoms with Crippen LogP contribution >= 0.6 is 11.6 Å². The number of ether oxygens (including phenoxy) is 1. The average molecular weight is 326 g/mol. The van der Waals surface area contributed by atoms with Crippen molar-refractivity contribution in [2.45, 2.75) is 18.9 Å². The second-order valence-electron chi connectivity index (χ2n) is 5.08. The first kappa shape index (κ1) is 15.0. The highest BCUT2D eigenvalue weighted by atomic mass is 35.5. The maximum absolute atomic E-state index is 13.6. The van der Waals surface area contributed by atoms with E-state index in [1.807, 2.05) is 0 Å². The first-order valence-electron chi connectivity index (χ1n) is 6.96. The Morgan fingerprint density at radius 1 is 1.14 bits per heavy atom. The van der Waals surface area contributed by atoms with Crippen LogP contribution in [-0.2, 0) is 0 Å². The molecule has 0 radical (unpaired) electrons. The molecule has 1 aliphatic heterocycles. The first-order valence-corrected chi connectivity index (χ1v) is 7.34. The number of halogens is 3. The van der Waals surface area contributed by atoms with E-state index >= 15 is 0 Å². The highest BCUT2D eigenvalue weighted by Crippen LogP contribution is 2.24. The van der Waals surface area contributed by atoms with Gasteiger partial charge in [-0.1, -0.05) is 11.6 Å². The number of anilines is 1. The van der Waals surface area contributed by atoms with Crippen molar-refractivity contribution in [1.29, 1.82) is 0 Å². The summed E-state index contributed by atoms with van der Waals surface area (Å²) in [7, 11) is 0. The third-order valence-electron chi connectivity index (χ3n) is 3.56. The lowest BCUT2D eigenvalue weighted by Gasteiger charge is -2.32. The summed E-state index contributed by atoms with van der Waals surface area (Å²) in [6.07, 6.45) is 4.48. The Morgan fingerprint density at radius 3 is 2.55 bits per heavy atom. The molecule has 2 heterocycles. The average Bonchev–Trinajstić information content (AvgIpc) is 2.52. The molecule has 1 aromatic heterocycles. The zero-order valence-electron chi connectivity index (χ0n) is 11.7. The predicted molar refractivity (Wildman–Crippen MR) is 79.3 cm³/mol. The van der Waals surface area contributed by atoms with Crippen molar-refractivity contribution in [1.82, 2.24) is 9.97 Å². The standard InChI is InChI=1S/C15H14ClF2N3O/c16-14-8-20-15(9-19-14)21-5-3-11(4-6-21)22-13-2-1-10(17)7-12(13)18/h1-2,7-9,11H,3-6H2. The van der Waals surface area contributed by atoms with Gasteiger partial charge in [-0.2, -0.15) is 0 Å². The van der Waals surface area contributed by atoms with E-state index in [2.05, 4.69) is 14.9 Å². The maximum Gasteiger partial charge on any atom is 0.167 e. The molecule has 1 aliphatic rings. The molecule has 0 saturated carbocycles. The number of aromatic nitrogens is 2. The molecular formula is C15H14ClF2N3O. The second-order valence-corrected chi connectivity index (χ2v) is 5.46. The molecule has 0 bridgehead atoms. The Bertz CT molecular complexity index is 646. The largest absolute Gasteiger partial charge is 0.487 e. The fourth-order valence-corrected chi connectivity index (χ4v) is 2.52. The monoisotopic (exact) mass is 325 g/mol. The molecule has 1 aromatic carbocycles. The van der Waals surface area contributed by atoms with Gasteiger partial charge in [0.25, 0.3) is 0 Å². The van der Waals surface area contributed by atoms with Crippen molar-refractivity contribution < 1.29 is 13.5 Å². The highest BCUT2D eigenvalue weighted by molar-refractivity contribution is 6.29. The number of hydrogen-bond acceptors (Lipinski definition) is 4. The van der Waals surface area contributed by atoms with Crippen LogP contribution in [0.2, 0.25) is 5.15 Å². The van der Waals surface area contributed by atoms with Gasteiger partial charge < -0.3 is 9.64 Å². The van der Waals surface area contributed by atoms with Gasteiger partial charge in [0.1, 0.15) is 22.9 Å². The van der Waals surface area contributed by atoms with Gasteiger partial charge in [-0.15, -0.1) is 0 Å². The molecule has 1 saturated heterocycles. The quantitative estimate of drug-likeness (QED) is 0.866. The molecular weight excluding hydrogens is 312 g/mol. The van der Waals surface area contributed by atoms with Gasteiger partial charge in [-0.05, 0) is 12.1 Å². The van der Waals surface area contributed by atoms with Crippen LogP contribution < -0.4 is 9.64 Å². The van der Waals surface area contributed by atoms with E-state index < -0.39 is 11.6 Å². The van der Waals surface area contributed by atoms with E-state index in [0.29, 0.717) is 5.15 Å². The summed E-state index contributed by atoms with van der Waals surface area (Å²) in [6, 6.07) is 3.34. The van der Waals surface area contributed by atoms with E-state index in [-0.39, 0.29) is 11.9 Å². The zero-order chi connectivity index (χ0) is 15.5. The van der Waals surface area contributed by atoms with Crippen molar-refractivity contribution in [2.24, 2.45) is 0 Å². The number of rotatable bonds is 3. The topological polar surface area (TPSA) is 38.2 Å². The molecule has 22 heavy (non-hydrogen) atoms. The van der Waals surface area contributed by atoms with Gasteiger partial charge in [-0.3, -0.25) is 0 Å². The van der Waals surface area contributed by atoms with Gasteiger partial charge in [0.15, 0.2) is 11.6 Å². The second kappa shape index (κ2) is 6.44. The lowest BCUT2D eigenvalue weighted by atomic mass is 10.1. The number of hydrogen-bond donors (Lipinski definition) is 0. The van der Waals surface area contributed by atoms with Crippen LogP contribution in [0.3, 0.4) is 0 Å². The number of benzene rings is 1. The normalized spacial score (nSPS) is 15.9. The van der Waals surface area contributed by atoms with E-state index in [1.165, 1.54) is 18.3 Å². The van der Waals surface area contributed by atoms with Crippen molar-refractivity contribution in [3.05, 3.63) is 47.4 Å². The fraction of sp³-hybridized carbons (Fsp3) is 0.333. The van der Waals surface area contributed by atoms with Crippen molar-refractivity contribution in [2.75, 3.05) is 18.0 Å². The molecule has 116 valence electrons. The highest BCUT2D eigenvalue weighted by Gasteiger charge is 2.22. The summed E-state index contributed by atoms with van der Waals surface area (Å²) in [6.45, 7) is 1.45. The van der Waals surface area contributed by atoms with Gasteiger partial charge in [0, 0.05) is 32.0 Å². The lowest BCUT2D eigenvalue weighted by molar-refractivity contribution is 0.163. The van der Waals surface area contributed by atoms with E-state index in [0.717, 1.165) is 37.8 Å². The third kappa shape index (κ3) is 3.44. The SMILES string of the molecule is Fc1ccc(OC2CCN(c3cnc(Cl)cn3)CC2)c(F)c1. The third-order valence-corrected chi connectivity index (χ3v) is 3.76. The summed E-state index contributed by atoms with van der Waals surface area (Å²) in [5.74, 6) is -0.436. The molecule has 4 nitrogen and oxygen atoms in total. The number of piperidine rings is 1. The van der Waals surface area contributed by atoms with E-state index in [4.69, 9.17) is 16.3 Å². The lowest BCUT2D eigenvalue weighted by Crippen LogP contribution is -2.38. The minimum Gasteiger partial charge on any atom is -0.487 e. The van der Waals surface area contributed by atoms with Gasteiger partial charge in [-0.25, -0.2) is 18.7 Å². The van der Waals surface area contributed by atoms with Gasteiger partial charge >= 0.3 is 0 Å². The molecule has 7 heteroatoms. The van der Waals surface area contributed by atoms with Crippen LogP contribution in [0.15, 0.2) is 30.6 Å². The Labute approximate surface area is 131 Å². The minimum absolute atomic E-state index is 0.0890. The molecule has 3 rings (SSSR count). The molecule has 2 aromatic rings. The van der Waals surface area contributed by atoms with E-state index in [1.54, 1.807) is 6.20 Å². The smallest absolute Gasteiger partial charge is 0.167 e. The van der Waals surface area contributed by atoms with Gasteiger partial charge in [0.2, 0.25) is 0 Å². The fourth-order valence-electron chi connectivity index (χ4n) is 2.42. The van der Waals surface area contributed by atoms with Crippen LogP contribution in [0.4, 0.5) is 14.6 Å². The Balaban J connectivity index is 1.58. The summed E-state index contributed by atoms with van der Waals surface area (Å²) < 4.78 is 32.1. The Morgan fingerprint density at radius 2 is 1.91 bits per heavy atom. The van der Waals surface area contributed by atoms with Crippen molar-refractivity contribution in [3.8, 4) is 5.75 Å². The molecule has 0 amide bonds. The summed E-state index contributed by atoms with van der Waals surface area (Å²) in [5, 5.41) is 0.355. The van der Waals surface area contributed by atoms with Crippen molar-refractivity contribution in [3.63, 3.8) is 0 Å². The predicted octanol–water partition coefficient (Wildman–Crippen LogP) is 3.46. The van der Waals surface area contributed by atoms with E-state index in [9.17, 15) is 8.78 Å².